The zero-order valence-corrected chi connectivity index (χ0v) is 9.82. The maximum atomic E-state index is 6.24. The van der Waals surface area contributed by atoms with Gasteiger partial charge in [-0.15, -0.1) is 0 Å². The monoisotopic (exact) mass is 213 g/mol. The minimum absolute atomic E-state index is 0.196. The van der Waals surface area contributed by atoms with Gasteiger partial charge in [-0.05, 0) is 48.6 Å². The summed E-state index contributed by atoms with van der Waals surface area (Å²) in [5, 5.41) is 0. The molecule has 3 rings (SSSR count). The lowest BCUT2D eigenvalue weighted by Crippen LogP contribution is -2.24. The normalized spacial score (nSPS) is 32.5. The SMILES string of the molecule is C=C(C)C(N)C1C2CCc3ccccc3C21. The van der Waals surface area contributed by atoms with Crippen molar-refractivity contribution in [1.29, 1.82) is 0 Å². The lowest BCUT2D eigenvalue weighted by atomic mass is 9.92. The number of nitrogens with two attached hydrogens (primary N) is 1. The van der Waals surface area contributed by atoms with Crippen LogP contribution in [0.25, 0.3) is 0 Å². The molecule has 2 N–H and O–H groups in total. The van der Waals surface area contributed by atoms with E-state index in [9.17, 15) is 0 Å². The Labute approximate surface area is 97.4 Å². The Bertz CT molecular complexity index is 435. The van der Waals surface area contributed by atoms with Gasteiger partial charge in [0.25, 0.3) is 0 Å². The first-order valence-electron chi connectivity index (χ1n) is 6.19. The van der Waals surface area contributed by atoms with Gasteiger partial charge in [0.15, 0.2) is 0 Å². The number of fused-ring (bicyclic) bond motifs is 3. The highest BCUT2D eigenvalue weighted by Crippen LogP contribution is 2.61. The fraction of sp³-hybridized carbons (Fsp3) is 0.467. The summed E-state index contributed by atoms with van der Waals surface area (Å²) < 4.78 is 0. The van der Waals surface area contributed by atoms with Gasteiger partial charge in [-0.2, -0.15) is 0 Å². The Balaban J connectivity index is 1.90. The van der Waals surface area contributed by atoms with E-state index in [0.29, 0.717) is 5.92 Å². The predicted molar refractivity (Wildman–Crippen MR) is 67.3 cm³/mol. The van der Waals surface area contributed by atoms with Crippen molar-refractivity contribution < 1.29 is 0 Å². The summed E-state index contributed by atoms with van der Waals surface area (Å²) in [4.78, 5) is 0. The first kappa shape index (κ1) is 10.1. The topological polar surface area (TPSA) is 26.0 Å². The van der Waals surface area contributed by atoms with Crippen LogP contribution in [-0.4, -0.2) is 6.04 Å². The molecule has 0 bridgehead atoms. The Morgan fingerprint density at radius 1 is 1.44 bits per heavy atom. The first-order valence-corrected chi connectivity index (χ1v) is 6.19. The standard InChI is InChI=1S/C15H19N/c1-9(2)15(16)14-12-8-7-10-5-3-4-6-11(10)13(12)14/h3-6,12-15H,1,7-8,16H2,2H3. The number of benzene rings is 1. The average molecular weight is 213 g/mol. The molecule has 4 unspecified atom stereocenters. The predicted octanol–water partition coefficient (Wildman–Crippen LogP) is 2.87. The molecule has 0 saturated heterocycles. The lowest BCUT2D eigenvalue weighted by Gasteiger charge is -2.13. The third-order valence-corrected chi connectivity index (χ3v) is 4.37. The fourth-order valence-corrected chi connectivity index (χ4v) is 3.44. The van der Waals surface area contributed by atoms with E-state index in [1.165, 1.54) is 12.8 Å². The molecule has 1 nitrogen and oxygen atoms in total. The van der Waals surface area contributed by atoms with Crippen LogP contribution in [0.4, 0.5) is 0 Å². The molecule has 0 amide bonds. The molecule has 1 aromatic rings. The number of hydrogen-bond acceptors (Lipinski definition) is 1. The van der Waals surface area contributed by atoms with Crippen LogP contribution in [0.3, 0.4) is 0 Å². The molecule has 84 valence electrons. The van der Waals surface area contributed by atoms with Crippen LogP contribution in [0.1, 0.15) is 30.4 Å². The smallest absolute Gasteiger partial charge is 0.0285 e. The molecule has 0 aliphatic heterocycles. The van der Waals surface area contributed by atoms with Gasteiger partial charge in [0.2, 0.25) is 0 Å². The van der Waals surface area contributed by atoms with Crippen LogP contribution in [0.2, 0.25) is 0 Å². The van der Waals surface area contributed by atoms with E-state index < -0.39 is 0 Å². The Morgan fingerprint density at radius 3 is 2.94 bits per heavy atom. The van der Waals surface area contributed by atoms with Gasteiger partial charge in [-0.3, -0.25) is 0 Å². The summed E-state index contributed by atoms with van der Waals surface area (Å²) >= 11 is 0. The molecule has 1 aromatic carbocycles. The third-order valence-electron chi connectivity index (χ3n) is 4.37. The first-order chi connectivity index (χ1) is 7.70. The van der Waals surface area contributed by atoms with Gasteiger partial charge in [-0.25, -0.2) is 0 Å². The quantitative estimate of drug-likeness (QED) is 0.751. The van der Waals surface area contributed by atoms with Crippen LogP contribution in [-0.2, 0) is 6.42 Å². The van der Waals surface area contributed by atoms with Crippen molar-refractivity contribution in [2.45, 2.75) is 31.7 Å². The largest absolute Gasteiger partial charge is 0.324 e. The van der Waals surface area contributed by atoms with Crippen molar-refractivity contribution in [3.05, 3.63) is 47.5 Å². The van der Waals surface area contributed by atoms with Crippen molar-refractivity contribution in [3.63, 3.8) is 0 Å². The molecule has 0 heterocycles. The zero-order chi connectivity index (χ0) is 11.3. The summed E-state index contributed by atoms with van der Waals surface area (Å²) in [6, 6.07) is 9.06. The van der Waals surface area contributed by atoms with Gasteiger partial charge in [0.05, 0.1) is 0 Å². The molecule has 16 heavy (non-hydrogen) atoms. The van der Waals surface area contributed by atoms with E-state index in [1.54, 1.807) is 11.1 Å². The van der Waals surface area contributed by atoms with Crippen LogP contribution >= 0.6 is 0 Å². The van der Waals surface area contributed by atoms with E-state index in [4.69, 9.17) is 5.73 Å². The molecule has 2 aliphatic carbocycles. The summed E-state index contributed by atoms with van der Waals surface area (Å²) in [6.45, 7) is 6.06. The van der Waals surface area contributed by atoms with E-state index in [1.807, 2.05) is 0 Å². The highest BCUT2D eigenvalue weighted by molar-refractivity contribution is 5.40. The summed E-state index contributed by atoms with van der Waals surface area (Å²) in [5.74, 6) is 2.19. The van der Waals surface area contributed by atoms with Crippen LogP contribution in [0.5, 0.6) is 0 Å². The Morgan fingerprint density at radius 2 is 2.19 bits per heavy atom. The fourth-order valence-electron chi connectivity index (χ4n) is 3.44. The second-order valence-corrected chi connectivity index (χ2v) is 5.38. The maximum Gasteiger partial charge on any atom is 0.0285 e. The molecule has 0 spiro atoms. The van der Waals surface area contributed by atoms with Crippen molar-refractivity contribution in [2.75, 3.05) is 0 Å². The van der Waals surface area contributed by atoms with E-state index >= 15 is 0 Å². The third kappa shape index (κ3) is 1.35. The van der Waals surface area contributed by atoms with E-state index in [-0.39, 0.29) is 6.04 Å². The summed E-state index contributed by atoms with van der Waals surface area (Å²) in [6.07, 6.45) is 2.55. The van der Waals surface area contributed by atoms with Gasteiger partial charge < -0.3 is 5.73 Å². The van der Waals surface area contributed by atoms with E-state index in [2.05, 4.69) is 37.8 Å². The minimum Gasteiger partial charge on any atom is -0.324 e. The molecule has 1 fully saturated rings. The Kier molecular flexibility index (Phi) is 2.18. The maximum absolute atomic E-state index is 6.24. The molecule has 0 aromatic heterocycles. The van der Waals surface area contributed by atoms with Crippen molar-refractivity contribution in [1.82, 2.24) is 0 Å². The highest BCUT2D eigenvalue weighted by atomic mass is 14.7. The van der Waals surface area contributed by atoms with Gasteiger partial charge in [-0.1, -0.05) is 36.4 Å². The number of aryl methyl sites for hydroxylation is 1. The second kappa shape index (κ2) is 3.46. The molecular weight excluding hydrogens is 194 g/mol. The van der Waals surface area contributed by atoms with Crippen molar-refractivity contribution in [2.24, 2.45) is 17.6 Å². The van der Waals surface area contributed by atoms with E-state index in [0.717, 1.165) is 17.4 Å². The van der Waals surface area contributed by atoms with Gasteiger partial charge >= 0.3 is 0 Å². The molecular formula is C15H19N. The van der Waals surface area contributed by atoms with Gasteiger partial charge in [0, 0.05) is 6.04 Å². The Hall–Kier alpha value is -1.08. The summed E-state index contributed by atoms with van der Waals surface area (Å²) in [7, 11) is 0. The minimum atomic E-state index is 0.196. The van der Waals surface area contributed by atoms with Crippen LogP contribution < -0.4 is 5.73 Å². The molecule has 4 atom stereocenters. The average Bonchev–Trinajstić information content (AvgIpc) is 3.02. The van der Waals surface area contributed by atoms with Crippen molar-refractivity contribution in [3.8, 4) is 0 Å². The molecule has 0 radical (unpaired) electrons. The van der Waals surface area contributed by atoms with Crippen molar-refractivity contribution >= 4 is 0 Å². The molecule has 1 heteroatoms. The molecule has 1 saturated carbocycles. The van der Waals surface area contributed by atoms with Gasteiger partial charge in [0.1, 0.15) is 0 Å². The second-order valence-electron chi connectivity index (χ2n) is 5.38. The lowest BCUT2D eigenvalue weighted by molar-refractivity contribution is 0.582. The molecule has 2 aliphatic rings. The van der Waals surface area contributed by atoms with Crippen LogP contribution in [0, 0.1) is 11.8 Å². The van der Waals surface area contributed by atoms with Crippen LogP contribution in [0.15, 0.2) is 36.4 Å². The zero-order valence-electron chi connectivity index (χ0n) is 9.82. The number of hydrogen-bond donors (Lipinski definition) is 1. The summed E-state index contributed by atoms with van der Waals surface area (Å²) in [5.41, 5.74) is 10.5. The highest BCUT2D eigenvalue weighted by Gasteiger charge is 2.55. The number of rotatable bonds is 2.